The lowest BCUT2D eigenvalue weighted by Gasteiger charge is -2.06. The van der Waals surface area contributed by atoms with E-state index in [1.54, 1.807) is 0 Å². The van der Waals surface area contributed by atoms with E-state index >= 15 is 0 Å². The second-order valence-electron chi connectivity index (χ2n) is 2.68. The number of hydrogen-bond donors (Lipinski definition) is 2. The fraction of sp³-hybridized carbons (Fsp3) is 0.714. The summed E-state index contributed by atoms with van der Waals surface area (Å²) in [6.07, 6.45) is -0.400. The Labute approximate surface area is 54.8 Å². The molecule has 1 fully saturated rings. The van der Waals surface area contributed by atoms with Crippen LogP contribution in [0.25, 0.3) is 0 Å². The molecule has 0 aromatic heterocycles. The molecule has 0 bridgehead atoms. The maximum absolute atomic E-state index is 9.12. The van der Waals surface area contributed by atoms with Crippen LogP contribution in [-0.4, -0.2) is 22.4 Å². The predicted molar refractivity (Wildman–Crippen MR) is 34.9 cm³/mol. The van der Waals surface area contributed by atoms with E-state index in [9.17, 15) is 0 Å². The molecule has 0 saturated heterocycles. The van der Waals surface area contributed by atoms with Gasteiger partial charge < -0.3 is 10.2 Å². The molecule has 52 valence electrons. The molecule has 0 aromatic rings. The highest BCUT2D eigenvalue weighted by atomic mass is 16.3. The number of aliphatic hydroxyl groups excluding tert-OH is 2. The smallest absolute Gasteiger partial charge is 0.0775 e. The predicted octanol–water partition coefficient (Wildman–Crippen LogP) is 0.304. The molecule has 0 spiro atoms. The zero-order valence-corrected chi connectivity index (χ0v) is 5.54. The Hall–Kier alpha value is -0.340. The first-order chi connectivity index (χ1) is 4.13. The van der Waals surface area contributed by atoms with Crippen molar-refractivity contribution in [2.75, 3.05) is 0 Å². The summed E-state index contributed by atoms with van der Waals surface area (Å²) in [6, 6.07) is 0. The molecular formula is C7H12O2. The fourth-order valence-corrected chi connectivity index (χ4v) is 1.13. The van der Waals surface area contributed by atoms with Crippen molar-refractivity contribution in [3.05, 3.63) is 12.2 Å². The van der Waals surface area contributed by atoms with Crippen LogP contribution in [0.5, 0.6) is 0 Å². The van der Waals surface area contributed by atoms with Gasteiger partial charge in [-0.25, -0.2) is 0 Å². The molecule has 0 aliphatic heterocycles. The highest BCUT2D eigenvalue weighted by molar-refractivity contribution is 5.14. The third kappa shape index (κ3) is 1.00. The summed E-state index contributed by atoms with van der Waals surface area (Å²) in [6.45, 7) is 5.53. The van der Waals surface area contributed by atoms with Gasteiger partial charge in [0, 0.05) is 12.3 Å². The zero-order chi connectivity index (χ0) is 7.02. The van der Waals surface area contributed by atoms with Crippen LogP contribution in [0.4, 0.5) is 0 Å². The lowest BCUT2D eigenvalue weighted by atomic mass is 10.1. The molecule has 0 amide bonds. The first-order valence-corrected chi connectivity index (χ1v) is 3.17. The molecule has 2 nitrogen and oxygen atoms in total. The SMILES string of the molecule is C=C1C(O)CC(O)[C@@H]1C. The first kappa shape index (κ1) is 6.78. The quantitative estimate of drug-likeness (QED) is 0.461. The molecule has 9 heavy (non-hydrogen) atoms. The molecule has 0 aromatic carbocycles. The van der Waals surface area contributed by atoms with Gasteiger partial charge in [-0.15, -0.1) is 0 Å². The van der Waals surface area contributed by atoms with Crippen molar-refractivity contribution in [2.24, 2.45) is 5.92 Å². The average Bonchev–Trinajstić information content (AvgIpc) is 1.98. The zero-order valence-electron chi connectivity index (χ0n) is 5.54. The van der Waals surface area contributed by atoms with Crippen molar-refractivity contribution in [1.29, 1.82) is 0 Å². The van der Waals surface area contributed by atoms with Crippen LogP contribution in [0.3, 0.4) is 0 Å². The van der Waals surface area contributed by atoms with Gasteiger partial charge >= 0.3 is 0 Å². The minimum absolute atomic E-state index is 0.0694. The Morgan fingerprint density at radius 2 is 2.11 bits per heavy atom. The Kier molecular flexibility index (Phi) is 1.60. The summed E-state index contributed by atoms with van der Waals surface area (Å²) in [5.74, 6) is 0.0694. The van der Waals surface area contributed by atoms with Crippen LogP contribution >= 0.6 is 0 Å². The van der Waals surface area contributed by atoms with Gasteiger partial charge in [0.1, 0.15) is 0 Å². The third-order valence-electron chi connectivity index (χ3n) is 2.05. The standard InChI is InChI=1S/C7H12O2/c1-4-5(2)7(9)3-6(4)8/h5-9H,1,3H2,2H3/t5-,6?,7?/m1/s1. The largest absolute Gasteiger partial charge is 0.392 e. The van der Waals surface area contributed by atoms with E-state index < -0.39 is 6.10 Å². The summed E-state index contributed by atoms with van der Waals surface area (Å²) in [5, 5.41) is 18.2. The van der Waals surface area contributed by atoms with Crippen molar-refractivity contribution < 1.29 is 10.2 Å². The van der Waals surface area contributed by atoms with E-state index in [-0.39, 0.29) is 12.0 Å². The first-order valence-electron chi connectivity index (χ1n) is 3.17. The molecule has 2 unspecified atom stereocenters. The summed E-state index contributed by atoms with van der Waals surface area (Å²) in [7, 11) is 0. The number of aliphatic hydroxyl groups is 2. The van der Waals surface area contributed by atoms with Crippen LogP contribution in [0.2, 0.25) is 0 Å². The van der Waals surface area contributed by atoms with Gasteiger partial charge in [0.2, 0.25) is 0 Å². The molecule has 0 radical (unpaired) electrons. The highest BCUT2D eigenvalue weighted by Crippen LogP contribution is 2.29. The summed E-state index contributed by atoms with van der Waals surface area (Å²) < 4.78 is 0. The Balaban J connectivity index is 2.65. The van der Waals surface area contributed by atoms with Gasteiger partial charge in [-0.05, 0) is 5.57 Å². The second-order valence-corrected chi connectivity index (χ2v) is 2.68. The average molecular weight is 128 g/mol. The lowest BCUT2D eigenvalue weighted by Crippen LogP contribution is -2.09. The second kappa shape index (κ2) is 2.12. The van der Waals surface area contributed by atoms with Crippen LogP contribution in [0.15, 0.2) is 12.2 Å². The van der Waals surface area contributed by atoms with Crippen LogP contribution in [0.1, 0.15) is 13.3 Å². The maximum atomic E-state index is 9.12. The highest BCUT2D eigenvalue weighted by Gasteiger charge is 2.31. The van der Waals surface area contributed by atoms with E-state index in [1.165, 1.54) is 0 Å². The Bertz CT molecular complexity index is 131. The molecular weight excluding hydrogens is 116 g/mol. The van der Waals surface area contributed by atoms with Crippen molar-refractivity contribution in [1.82, 2.24) is 0 Å². The Morgan fingerprint density at radius 3 is 2.22 bits per heavy atom. The molecule has 0 heterocycles. The van der Waals surface area contributed by atoms with Crippen molar-refractivity contribution in [3.63, 3.8) is 0 Å². The molecule has 2 N–H and O–H groups in total. The molecule has 1 rings (SSSR count). The summed E-state index contributed by atoms with van der Waals surface area (Å²) >= 11 is 0. The van der Waals surface area contributed by atoms with Gasteiger partial charge in [0.25, 0.3) is 0 Å². The van der Waals surface area contributed by atoms with Gasteiger partial charge in [0.15, 0.2) is 0 Å². The van der Waals surface area contributed by atoms with Gasteiger partial charge in [0.05, 0.1) is 12.2 Å². The molecule has 1 aliphatic rings. The van der Waals surface area contributed by atoms with Crippen molar-refractivity contribution >= 4 is 0 Å². The normalized spacial score (nSPS) is 43.9. The fourth-order valence-electron chi connectivity index (χ4n) is 1.13. The summed E-state index contributed by atoms with van der Waals surface area (Å²) in [4.78, 5) is 0. The minimum atomic E-state index is -0.477. The monoisotopic (exact) mass is 128 g/mol. The summed E-state index contributed by atoms with van der Waals surface area (Å²) in [5.41, 5.74) is 0.766. The van der Waals surface area contributed by atoms with E-state index in [0.29, 0.717) is 6.42 Å². The van der Waals surface area contributed by atoms with Crippen molar-refractivity contribution in [3.8, 4) is 0 Å². The molecule has 1 saturated carbocycles. The van der Waals surface area contributed by atoms with Gasteiger partial charge in [-0.2, -0.15) is 0 Å². The van der Waals surface area contributed by atoms with E-state index in [4.69, 9.17) is 10.2 Å². The topological polar surface area (TPSA) is 40.5 Å². The third-order valence-corrected chi connectivity index (χ3v) is 2.05. The Morgan fingerprint density at radius 1 is 1.56 bits per heavy atom. The lowest BCUT2D eigenvalue weighted by molar-refractivity contribution is 0.124. The van der Waals surface area contributed by atoms with Crippen LogP contribution in [0, 0.1) is 5.92 Å². The molecule has 3 atom stereocenters. The van der Waals surface area contributed by atoms with E-state index in [2.05, 4.69) is 6.58 Å². The molecule has 2 heteroatoms. The minimum Gasteiger partial charge on any atom is -0.392 e. The number of rotatable bonds is 0. The van der Waals surface area contributed by atoms with Crippen molar-refractivity contribution in [2.45, 2.75) is 25.6 Å². The molecule has 1 aliphatic carbocycles. The van der Waals surface area contributed by atoms with Crippen LogP contribution < -0.4 is 0 Å². The maximum Gasteiger partial charge on any atom is 0.0775 e. The van der Waals surface area contributed by atoms with E-state index in [0.717, 1.165) is 5.57 Å². The number of hydrogen-bond acceptors (Lipinski definition) is 2. The van der Waals surface area contributed by atoms with Crippen LogP contribution in [-0.2, 0) is 0 Å². The van der Waals surface area contributed by atoms with Gasteiger partial charge in [-0.3, -0.25) is 0 Å². The van der Waals surface area contributed by atoms with E-state index in [1.807, 2.05) is 6.92 Å². The van der Waals surface area contributed by atoms with Gasteiger partial charge in [-0.1, -0.05) is 13.5 Å².